The van der Waals surface area contributed by atoms with Crippen molar-refractivity contribution in [1.29, 1.82) is 0 Å². The molecule has 0 aliphatic carbocycles. The fourth-order valence-corrected chi connectivity index (χ4v) is 3.25. The molecule has 7 heteroatoms. The maximum absolute atomic E-state index is 12.6. The molecule has 26 heavy (non-hydrogen) atoms. The summed E-state index contributed by atoms with van der Waals surface area (Å²) in [5, 5.41) is 2.71. The van der Waals surface area contributed by atoms with E-state index in [1.807, 2.05) is 19.1 Å². The zero-order valence-electron chi connectivity index (χ0n) is 15.1. The molecule has 0 radical (unpaired) electrons. The zero-order chi connectivity index (χ0) is 18.5. The molecule has 2 aliphatic rings. The van der Waals surface area contributed by atoms with Crippen LogP contribution in [0.1, 0.15) is 36.5 Å². The van der Waals surface area contributed by atoms with Crippen LogP contribution in [0, 0.1) is 0 Å². The van der Waals surface area contributed by atoms with Gasteiger partial charge in [-0.25, -0.2) is 0 Å². The Labute approximate surface area is 153 Å². The molecule has 2 heterocycles. The van der Waals surface area contributed by atoms with Gasteiger partial charge in [-0.2, -0.15) is 0 Å². The number of hydrogen-bond donors (Lipinski definition) is 1. The van der Waals surface area contributed by atoms with Crippen LogP contribution in [-0.2, 0) is 9.59 Å². The summed E-state index contributed by atoms with van der Waals surface area (Å²) in [5.74, 6) is 0.620. The van der Waals surface area contributed by atoms with Gasteiger partial charge >= 0.3 is 0 Å². The average molecular weight is 359 g/mol. The topological polar surface area (TPSA) is 79.0 Å². The van der Waals surface area contributed by atoms with Crippen LogP contribution >= 0.6 is 0 Å². The maximum atomic E-state index is 12.6. The molecule has 1 N–H and O–H groups in total. The van der Waals surface area contributed by atoms with Gasteiger partial charge in [-0.3, -0.25) is 14.4 Å². The molecule has 1 unspecified atom stereocenters. The van der Waals surface area contributed by atoms with Crippen LogP contribution in [0.2, 0.25) is 0 Å². The first-order valence-electron chi connectivity index (χ1n) is 9.18. The van der Waals surface area contributed by atoms with Crippen molar-refractivity contribution in [3.8, 4) is 5.75 Å². The van der Waals surface area contributed by atoms with Crippen LogP contribution in [-0.4, -0.2) is 66.3 Å². The molecule has 2 saturated heterocycles. The van der Waals surface area contributed by atoms with Gasteiger partial charge in [-0.05, 0) is 37.1 Å². The molecule has 1 aromatic rings. The third-order valence-corrected chi connectivity index (χ3v) is 4.75. The Kier molecular flexibility index (Phi) is 5.75. The number of carbonyl (C=O) groups is 3. The van der Waals surface area contributed by atoms with E-state index in [4.69, 9.17) is 4.74 Å². The highest BCUT2D eigenvalue weighted by molar-refractivity contribution is 5.95. The van der Waals surface area contributed by atoms with Crippen molar-refractivity contribution in [2.45, 2.75) is 32.2 Å². The molecule has 0 aromatic heterocycles. The Morgan fingerprint density at radius 2 is 1.77 bits per heavy atom. The van der Waals surface area contributed by atoms with Crippen molar-refractivity contribution in [3.63, 3.8) is 0 Å². The summed E-state index contributed by atoms with van der Waals surface area (Å²) >= 11 is 0. The summed E-state index contributed by atoms with van der Waals surface area (Å²) in [5.41, 5.74) is 0.622. The molecule has 140 valence electrons. The largest absolute Gasteiger partial charge is 0.494 e. The van der Waals surface area contributed by atoms with E-state index in [2.05, 4.69) is 5.32 Å². The Morgan fingerprint density at radius 1 is 1.12 bits per heavy atom. The van der Waals surface area contributed by atoms with Crippen molar-refractivity contribution in [3.05, 3.63) is 29.8 Å². The molecule has 3 rings (SSSR count). The Morgan fingerprint density at radius 3 is 2.35 bits per heavy atom. The van der Waals surface area contributed by atoms with Gasteiger partial charge in [0.2, 0.25) is 11.8 Å². The number of rotatable bonds is 5. The summed E-state index contributed by atoms with van der Waals surface area (Å²) in [7, 11) is 0. The zero-order valence-corrected chi connectivity index (χ0v) is 15.1. The van der Waals surface area contributed by atoms with E-state index < -0.39 is 6.04 Å². The first-order valence-corrected chi connectivity index (χ1v) is 9.18. The normalized spacial score (nSPS) is 20.0. The van der Waals surface area contributed by atoms with E-state index in [1.54, 1.807) is 21.9 Å². The summed E-state index contributed by atoms with van der Waals surface area (Å²) in [6, 6.07) is 6.77. The molecule has 0 saturated carbocycles. The highest BCUT2D eigenvalue weighted by Gasteiger charge is 2.33. The second-order valence-corrected chi connectivity index (χ2v) is 6.65. The van der Waals surface area contributed by atoms with E-state index in [0.29, 0.717) is 51.2 Å². The van der Waals surface area contributed by atoms with Gasteiger partial charge in [0.15, 0.2) is 0 Å². The summed E-state index contributed by atoms with van der Waals surface area (Å²) < 4.78 is 5.53. The minimum Gasteiger partial charge on any atom is -0.494 e. The van der Waals surface area contributed by atoms with Crippen LogP contribution in [0.4, 0.5) is 0 Å². The van der Waals surface area contributed by atoms with E-state index in [9.17, 15) is 14.4 Å². The van der Waals surface area contributed by atoms with E-state index in [0.717, 1.165) is 12.2 Å². The lowest BCUT2D eigenvalue weighted by atomic mass is 10.1. The van der Waals surface area contributed by atoms with Crippen molar-refractivity contribution < 1.29 is 19.1 Å². The lowest BCUT2D eigenvalue weighted by Crippen LogP contribution is -2.54. The smallest absolute Gasteiger partial charge is 0.253 e. The van der Waals surface area contributed by atoms with Gasteiger partial charge in [0.05, 0.1) is 6.61 Å². The Bertz CT molecular complexity index is 666. The Hall–Kier alpha value is -2.57. The van der Waals surface area contributed by atoms with E-state index in [1.165, 1.54) is 0 Å². The van der Waals surface area contributed by atoms with E-state index in [-0.39, 0.29) is 17.7 Å². The van der Waals surface area contributed by atoms with Crippen LogP contribution in [0.3, 0.4) is 0 Å². The second kappa shape index (κ2) is 8.21. The number of hydrogen-bond acceptors (Lipinski definition) is 4. The van der Waals surface area contributed by atoms with Crippen molar-refractivity contribution >= 4 is 17.7 Å². The summed E-state index contributed by atoms with van der Waals surface area (Å²) in [4.78, 5) is 39.8. The molecule has 0 bridgehead atoms. The van der Waals surface area contributed by atoms with Crippen molar-refractivity contribution in [2.24, 2.45) is 0 Å². The van der Waals surface area contributed by atoms with Gasteiger partial charge in [-0.1, -0.05) is 6.92 Å². The lowest BCUT2D eigenvalue weighted by Gasteiger charge is -2.36. The molecular formula is C19H25N3O4. The highest BCUT2D eigenvalue weighted by atomic mass is 16.5. The number of piperazine rings is 1. The second-order valence-electron chi connectivity index (χ2n) is 6.65. The number of ether oxygens (including phenoxy) is 1. The fourth-order valence-electron chi connectivity index (χ4n) is 3.25. The number of nitrogens with zero attached hydrogens (tertiary/aromatic N) is 2. The predicted octanol–water partition coefficient (Wildman–Crippen LogP) is 1.04. The lowest BCUT2D eigenvalue weighted by molar-refractivity contribution is -0.135. The number of carbonyl (C=O) groups excluding carboxylic acids is 3. The van der Waals surface area contributed by atoms with Gasteiger partial charge in [-0.15, -0.1) is 0 Å². The third-order valence-electron chi connectivity index (χ3n) is 4.75. The average Bonchev–Trinajstić information content (AvgIpc) is 3.12. The van der Waals surface area contributed by atoms with Crippen molar-refractivity contribution in [1.82, 2.24) is 15.1 Å². The minimum atomic E-state index is -0.402. The maximum Gasteiger partial charge on any atom is 0.253 e. The molecule has 2 fully saturated rings. The third kappa shape index (κ3) is 4.15. The number of nitrogens with one attached hydrogen (secondary N) is 1. The van der Waals surface area contributed by atoms with Gasteiger partial charge in [0.1, 0.15) is 11.8 Å². The van der Waals surface area contributed by atoms with Gasteiger partial charge in [0, 0.05) is 38.2 Å². The molecule has 1 atom stereocenters. The van der Waals surface area contributed by atoms with Crippen LogP contribution in [0.25, 0.3) is 0 Å². The van der Waals surface area contributed by atoms with Crippen LogP contribution in [0.15, 0.2) is 24.3 Å². The minimum absolute atomic E-state index is 0.0340. The quantitative estimate of drug-likeness (QED) is 0.852. The molecule has 7 nitrogen and oxygen atoms in total. The number of benzene rings is 1. The Balaban J connectivity index is 1.51. The summed E-state index contributed by atoms with van der Waals surface area (Å²) in [6.07, 6.45) is 1.91. The highest BCUT2D eigenvalue weighted by Crippen LogP contribution is 2.16. The predicted molar refractivity (Wildman–Crippen MR) is 95.9 cm³/mol. The van der Waals surface area contributed by atoms with Crippen LogP contribution < -0.4 is 10.1 Å². The van der Waals surface area contributed by atoms with E-state index >= 15 is 0 Å². The SMILES string of the molecule is CCCOc1ccc(C(=O)N2CCN(C(=O)C3CCC(=O)N3)CC2)cc1. The molecule has 1 aromatic carbocycles. The molecular weight excluding hydrogens is 334 g/mol. The standard InChI is InChI=1S/C19H25N3O4/c1-2-13-26-15-5-3-14(4-6-15)18(24)21-9-11-22(12-10-21)19(25)16-7-8-17(23)20-16/h3-6,16H,2,7-13H2,1H3,(H,20,23). The van der Waals surface area contributed by atoms with Crippen LogP contribution in [0.5, 0.6) is 5.75 Å². The molecule has 0 spiro atoms. The fraction of sp³-hybridized carbons (Fsp3) is 0.526. The number of amides is 3. The first-order chi connectivity index (χ1) is 12.6. The van der Waals surface area contributed by atoms with Gasteiger partial charge < -0.3 is 19.9 Å². The molecule has 3 amide bonds. The van der Waals surface area contributed by atoms with Crippen molar-refractivity contribution in [2.75, 3.05) is 32.8 Å². The molecule has 2 aliphatic heterocycles. The monoisotopic (exact) mass is 359 g/mol. The summed E-state index contributed by atoms with van der Waals surface area (Å²) in [6.45, 7) is 4.69. The van der Waals surface area contributed by atoms with Gasteiger partial charge in [0.25, 0.3) is 5.91 Å². The first kappa shape index (κ1) is 18.2.